The first-order chi connectivity index (χ1) is 13.0. The first-order valence-electron chi connectivity index (χ1n) is 8.76. The minimum Gasteiger partial charge on any atom is -0.496 e. The van der Waals surface area contributed by atoms with E-state index in [1.165, 1.54) is 0 Å². The Labute approximate surface area is 160 Å². The van der Waals surface area contributed by atoms with Gasteiger partial charge in [0.1, 0.15) is 5.75 Å². The van der Waals surface area contributed by atoms with Crippen LogP contribution in [0.3, 0.4) is 0 Å². The Morgan fingerprint density at radius 1 is 0.926 bits per heavy atom. The van der Waals surface area contributed by atoms with Gasteiger partial charge < -0.3 is 24.3 Å². The normalized spacial score (nSPS) is 10.6. The van der Waals surface area contributed by atoms with Gasteiger partial charge in [0.25, 0.3) is 5.91 Å². The molecule has 0 radical (unpaired) electrons. The first kappa shape index (κ1) is 20.6. The number of carbonyl (C=O) groups excluding carboxylic acids is 1. The average molecular weight is 373 g/mol. The van der Waals surface area contributed by atoms with Crippen LogP contribution < -0.4 is 19.5 Å². The molecule has 0 fully saturated rings. The van der Waals surface area contributed by atoms with Crippen molar-refractivity contribution < 1.29 is 23.7 Å². The van der Waals surface area contributed by atoms with Crippen LogP contribution in [-0.2, 0) is 11.3 Å². The van der Waals surface area contributed by atoms with Gasteiger partial charge in [-0.15, -0.1) is 0 Å². The standard InChI is InChI=1S/C21H27NO5/c1-14(2)12-27-13-16-10-15(6-8-18(16)24-3)21(23)22-17-7-9-19(25-4)20(11-17)26-5/h6-11,14H,12-13H2,1-5H3,(H,22,23). The largest absolute Gasteiger partial charge is 0.496 e. The fourth-order valence-electron chi connectivity index (χ4n) is 2.55. The second kappa shape index (κ2) is 9.83. The molecule has 1 amide bonds. The predicted octanol–water partition coefficient (Wildman–Crippen LogP) is 4.14. The van der Waals surface area contributed by atoms with Gasteiger partial charge in [-0.1, -0.05) is 13.8 Å². The molecule has 146 valence electrons. The summed E-state index contributed by atoms with van der Waals surface area (Å²) in [5.74, 6) is 2.06. The number of methoxy groups -OCH3 is 3. The topological polar surface area (TPSA) is 66.0 Å². The van der Waals surface area contributed by atoms with Crippen LogP contribution >= 0.6 is 0 Å². The zero-order chi connectivity index (χ0) is 19.8. The summed E-state index contributed by atoms with van der Waals surface area (Å²) in [6.45, 7) is 5.21. The summed E-state index contributed by atoms with van der Waals surface area (Å²) in [6.07, 6.45) is 0. The Morgan fingerprint density at radius 3 is 2.22 bits per heavy atom. The molecule has 6 nitrogen and oxygen atoms in total. The Balaban J connectivity index is 2.15. The van der Waals surface area contributed by atoms with Gasteiger partial charge in [0.05, 0.1) is 27.9 Å². The summed E-state index contributed by atoms with van der Waals surface area (Å²) in [7, 11) is 4.72. The van der Waals surface area contributed by atoms with Crippen molar-refractivity contribution in [3.05, 3.63) is 47.5 Å². The highest BCUT2D eigenvalue weighted by atomic mass is 16.5. The molecule has 0 saturated heterocycles. The molecule has 1 N–H and O–H groups in total. The third-order valence-corrected chi connectivity index (χ3v) is 3.89. The van der Waals surface area contributed by atoms with Crippen molar-refractivity contribution in [3.8, 4) is 17.2 Å². The molecule has 2 aromatic rings. The summed E-state index contributed by atoms with van der Waals surface area (Å²) < 4.78 is 21.5. The summed E-state index contributed by atoms with van der Waals surface area (Å²) in [5.41, 5.74) is 1.97. The lowest BCUT2D eigenvalue weighted by Crippen LogP contribution is -2.13. The molecule has 0 heterocycles. The van der Waals surface area contributed by atoms with Gasteiger partial charge in [0.2, 0.25) is 0 Å². The van der Waals surface area contributed by atoms with Gasteiger partial charge in [-0.2, -0.15) is 0 Å². The van der Waals surface area contributed by atoms with Crippen molar-refractivity contribution in [1.29, 1.82) is 0 Å². The van der Waals surface area contributed by atoms with Crippen LogP contribution in [-0.4, -0.2) is 33.8 Å². The second-order valence-corrected chi connectivity index (χ2v) is 6.46. The van der Waals surface area contributed by atoms with E-state index in [9.17, 15) is 4.79 Å². The van der Waals surface area contributed by atoms with E-state index in [1.54, 1.807) is 57.7 Å². The number of anilines is 1. The molecule has 0 aliphatic carbocycles. The molecule has 0 aromatic heterocycles. The number of rotatable bonds is 9. The lowest BCUT2D eigenvalue weighted by Gasteiger charge is -2.13. The van der Waals surface area contributed by atoms with Crippen molar-refractivity contribution >= 4 is 11.6 Å². The fraction of sp³-hybridized carbons (Fsp3) is 0.381. The number of benzene rings is 2. The second-order valence-electron chi connectivity index (χ2n) is 6.46. The molecule has 0 aliphatic rings. The summed E-state index contributed by atoms with van der Waals surface area (Å²) >= 11 is 0. The summed E-state index contributed by atoms with van der Waals surface area (Å²) in [6, 6.07) is 10.5. The van der Waals surface area contributed by atoms with Gasteiger partial charge in [-0.05, 0) is 36.2 Å². The van der Waals surface area contributed by atoms with Crippen LogP contribution in [0.15, 0.2) is 36.4 Å². The molecule has 0 aliphatic heterocycles. The van der Waals surface area contributed by atoms with Gasteiger partial charge in [-0.25, -0.2) is 0 Å². The van der Waals surface area contributed by atoms with Crippen LogP contribution in [0.5, 0.6) is 17.2 Å². The van der Waals surface area contributed by atoms with E-state index in [1.807, 2.05) is 0 Å². The molecular formula is C21H27NO5. The molecule has 0 unspecified atom stereocenters. The smallest absolute Gasteiger partial charge is 0.255 e. The van der Waals surface area contributed by atoms with Gasteiger partial charge in [0.15, 0.2) is 11.5 Å². The first-order valence-corrected chi connectivity index (χ1v) is 8.76. The maximum Gasteiger partial charge on any atom is 0.255 e. The predicted molar refractivity (Wildman–Crippen MR) is 105 cm³/mol. The van der Waals surface area contributed by atoms with Crippen LogP contribution in [0.1, 0.15) is 29.8 Å². The van der Waals surface area contributed by atoms with E-state index >= 15 is 0 Å². The Hall–Kier alpha value is -2.73. The minimum atomic E-state index is -0.227. The van der Waals surface area contributed by atoms with Gasteiger partial charge in [-0.3, -0.25) is 4.79 Å². The lowest BCUT2D eigenvalue weighted by molar-refractivity contribution is 0.0952. The Bertz CT molecular complexity index is 773. The van der Waals surface area contributed by atoms with Gasteiger partial charge in [0, 0.05) is 29.5 Å². The van der Waals surface area contributed by atoms with E-state index in [2.05, 4.69) is 19.2 Å². The van der Waals surface area contributed by atoms with E-state index in [0.29, 0.717) is 47.6 Å². The summed E-state index contributed by atoms with van der Waals surface area (Å²) in [5, 5.41) is 2.87. The fourth-order valence-corrected chi connectivity index (χ4v) is 2.55. The lowest BCUT2D eigenvalue weighted by atomic mass is 10.1. The maximum absolute atomic E-state index is 12.6. The molecule has 2 rings (SSSR count). The SMILES string of the molecule is COc1ccc(C(=O)Nc2ccc(OC)c(OC)c2)cc1COCC(C)C. The zero-order valence-corrected chi connectivity index (χ0v) is 16.5. The highest BCUT2D eigenvalue weighted by Gasteiger charge is 2.12. The highest BCUT2D eigenvalue weighted by molar-refractivity contribution is 6.04. The van der Waals surface area contributed by atoms with Crippen LogP contribution in [0, 0.1) is 5.92 Å². The number of carbonyl (C=O) groups is 1. The van der Waals surface area contributed by atoms with Crippen molar-refractivity contribution in [1.82, 2.24) is 0 Å². The number of hydrogen-bond donors (Lipinski definition) is 1. The van der Waals surface area contributed by atoms with E-state index in [4.69, 9.17) is 18.9 Å². The number of amides is 1. The molecule has 0 atom stereocenters. The minimum absolute atomic E-state index is 0.227. The van der Waals surface area contributed by atoms with E-state index in [-0.39, 0.29) is 5.91 Å². The molecule has 27 heavy (non-hydrogen) atoms. The van der Waals surface area contributed by atoms with E-state index in [0.717, 1.165) is 5.56 Å². The van der Waals surface area contributed by atoms with Crippen molar-refractivity contribution in [3.63, 3.8) is 0 Å². The maximum atomic E-state index is 12.6. The quantitative estimate of drug-likeness (QED) is 0.716. The van der Waals surface area contributed by atoms with Crippen molar-refractivity contribution in [2.75, 3.05) is 33.3 Å². The summed E-state index contributed by atoms with van der Waals surface area (Å²) in [4.78, 5) is 12.6. The van der Waals surface area contributed by atoms with Crippen molar-refractivity contribution in [2.45, 2.75) is 20.5 Å². The molecule has 6 heteroatoms. The van der Waals surface area contributed by atoms with Crippen LogP contribution in [0.2, 0.25) is 0 Å². The third kappa shape index (κ3) is 5.62. The monoisotopic (exact) mass is 373 g/mol. The van der Waals surface area contributed by atoms with Gasteiger partial charge >= 0.3 is 0 Å². The van der Waals surface area contributed by atoms with E-state index < -0.39 is 0 Å². The molecular weight excluding hydrogens is 346 g/mol. The molecule has 0 saturated carbocycles. The number of nitrogens with one attached hydrogen (secondary N) is 1. The van der Waals surface area contributed by atoms with Crippen LogP contribution in [0.4, 0.5) is 5.69 Å². The average Bonchev–Trinajstić information content (AvgIpc) is 2.67. The number of hydrogen-bond acceptors (Lipinski definition) is 5. The zero-order valence-electron chi connectivity index (χ0n) is 16.5. The number of ether oxygens (including phenoxy) is 4. The third-order valence-electron chi connectivity index (χ3n) is 3.89. The molecule has 2 aromatic carbocycles. The van der Waals surface area contributed by atoms with Crippen LogP contribution in [0.25, 0.3) is 0 Å². The van der Waals surface area contributed by atoms with Crippen molar-refractivity contribution in [2.24, 2.45) is 5.92 Å². The molecule has 0 bridgehead atoms. The Kier molecular flexibility index (Phi) is 7.49. The highest BCUT2D eigenvalue weighted by Crippen LogP contribution is 2.30. The Morgan fingerprint density at radius 2 is 1.59 bits per heavy atom. The molecule has 0 spiro atoms.